The third-order valence-electron chi connectivity index (χ3n) is 3.18. The van der Waals surface area contributed by atoms with Gasteiger partial charge in [0.05, 0.1) is 11.9 Å². The maximum Gasteiger partial charge on any atom is 0.176 e. The van der Waals surface area contributed by atoms with Crippen molar-refractivity contribution in [3.8, 4) is 11.1 Å². The molecule has 0 aliphatic carbocycles. The molecule has 0 saturated heterocycles. The fraction of sp³-hybridized carbons (Fsp3) is 0.143. The Morgan fingerprint density at radius 2 is 2.17 bits per heavy atom. The second kappa shape index (κ2) is 3.84. The summed E-state index contributed by atoms with van der Waals surface area (Å²) in [5.74, 6) is 0.0294. The Hall–Kier alpha value is -2.36. The summed E-state index contributed by atoms with van der Waals surface area (Å²) in [6, 6.07) is 6.05. The lowest BCUT2D eigenvalue weighted by molar-refractivity contribution is 0.101. The van der Waals surface area contributed by atoms with Gasteiger partial charge in [0, 0.05) is 35.2 Å². The highest BCUT2D eigenvalue weighted by atomic mass is 16.1. The van der Waals surface area contributed by atoms with Crippen LogP contribution < -0.4 is 0 Å². The SMILES string of the molecule is CC(=O)c1[nH]c2c(C)cccc2c1-c1cn[nH]c1. The number of fused-ring (bicyclic) bond motifs is 1. The Morgan fingerprint density at radius 1 is 1.33 bits per heavy atom. The first-order chi connectivity index (χ1) is 8.68. The number of carbonyl (C=O) groups is 1. The molecule has 0 radical (unpaired) electrons. The number of aromatic nitrogens is 3. The Kier molecular flexibility index (Phi) is 2.30. The molecule has 0 bridgehead atoms. The van der Waals surface area contributed by atoms with E-state index in [0.717, 1.165) is 27.6 Å². The molecule has 0 aliphatic heterocycles. The number of H-pyrrole nitrogens is 2. The van der Waals surface area contributed by atoms with Crippen LogP contribution >= 0.6 is 0 Å². The van der Waals surface area contributed by atoms with Crippen LogP contribution in [0, 0.1) is 6.92 Å². The van der Waals surface area contributed by atoms with Crippen LogP contribution in [-0.2, 0) is 0 Å². The van der Waals surface area contributed by atoms with E-state index in [2.05, 4.69) is 15.2 Å². The largest absolute Gasteiger partial charge is 0.351 e. The van der Waals surface area contributed by atoms with Gasteiger partial charge in [0.25, 0.3) is 0 Å². The molecule has 2 N–H and O–H groups in total. The van der Waals surface area contributed by atoms with Gasteiger partial charge in [-0.15, -0.1) is 0 Å². The highest BCUT2D eigenvalue weighted by Gasteiger charge is 2.17. The molecule has 2 aromatic heterocycles. The van der Waals surface area contributed by atoms with Crippen LogP contribution in [0.1, 0.15) is 23.0 Å². The Labute approximate surface area is 104 Å². The first-order valence-corrected chi connectivity index (χ1v) is 5.80. The minimum atomic E-state index is 0.0294. The number of aromatic amines is 2. The molecule has 0 atom stereocenters. The van der Waals surface area contributed by atoms with Gasteiger partial charge in [0.1, 0.15) is 0 Å². The quantitative estimate of drug-likeness (QED) is 0.675. The number of aryl methyl sites for hydroxylation is 1. The standard InChI is InChI=1S/C14H13N3O/c1-8-4-3-5-11-12(10-6-15-16-7-10)14(9(2)18)17-13(8)11/h3-7,17H,1-2H3,(H,15,16). The number of carbonyl (C=O) groups excluding carboxylic acids is 1. The van der Waals surface area contributed by atoms with Crippen molar-refractivity contribution in [3.63, 3.8) is 0 Å². The van der Waals surface area contributed by atoms with Gasteiger partial charge < -0.3 is 4.98 Å². The molecule has 1 aromatic carbocycles. The summed E-state index contributed by atoms with van der Waals surface area (Å²) < 4.78 is 0. The van der Waals surface area contributed by atoms with E-state index in [4.69, 9.17) is 0 Å². The van der Waals surface area contributed by atoms with Crippen molar-refractivity contribution < 1.29 is 4.79 Å². The molecular formula is C14H13N3O. The molecule has 0 saturated carbocycles. The zero-order valence-electron chi connectivity index (χ0n) is 10.2. The third kappa shape index (κ3) is 1.46. The molecule has 0 unspecified atom stereocenters. The van der Waals surface area contributed by atoms with Crippen LogP contribution in [0.5, 0.6) is 0 Å². The van der Waals surface area contributed by atoms with E-state index in [9.17, 15) is 4.79 Å². The van der Waals surface area contributed by atoms with E-state index in [1.807, 2.05) is 25.1 Å². The molecule has 4 heteroatoms. The number of nitrogens with one attached hydrogen (secondary N) is 2. The van der Waals surface area contributed by atoms with E-state index in [1.165, 1.54) is 0 Å². The minimum absolute atomic E-state index is 0.0294. The number of hydrogen-bond acceptors (Lipinski definition) is 2. The Morgan fingerprint density at radius 3 is 2.83 bits per heavy atom. The first-order valence-electron chi connectivity index (χ1n) is 5.80. The van der Waals surface area contributed by atoms with Crippen LogP contribution in [0.4, 0.5) is 0 Å². The van der Waals surface area contributed by atoms with Gasteiger partial charge in [-0.25, -0.2) is 0 Å². The van der Waals surface area contributed by atoms with E-state index in [1.54, 1.807) is 19.3 Å². The van der Waals surface area contributed by atoms with Gasteiger partial charge in [-0.3, -0.25) is 9.89 Å². The smallest absolute Gasteiger partial charge is 0.176 e. The normalized spacial score (nSPS) is 11.0. The van der Waals surface area contributed by atoms with Crippen molar-refractivity contribution in [2.75, 3.05) is 0 Å². The summed E-state index contributed by atoms with van der Waals surface area (Å²) in [5.41, 5.74) is 4.64. The summed E-state index contributed by atoms with van der Waals surface area (Å²) in [4.78, 5) is 15.0. The molecule has 4 nitrogen and oxygen atoms in total. The minimum Gasteiger partial charge on any atom is -0.351 e. The van der Waals surface area contributed by atoms with Gasteiger partial charge in [0.15, 0.2) is 5.78 Å². The summed E-state index contributed by atoms with van der Waals surface area (Å²) in [5, 5.41) is 7.80. The lowest BCUT2D eigenvalue weighted by atomic mass is 10.0. The van der Waals surface area contributed by atoms with Gasteiger partial charge >= 0.3 is 0 Å². The number of rotatable bonds is 2. The average Bonchev–Trinajstić information content (AvgIpc) is 2.94. The lowest BCUT2D eigenvalue weighted by Gasteiger charge is -1.98. The van der Waals surface area contributed by atoms with Crippen LogP contribution in [-0.4, -0.2) is 21.0 Å². The number of ketones is 1. The van der Waals surface area contributed by atoms with E-state index < -0.39 is 0 Å². The van der Waals surface area contributed by atoms with Crippen LogP contribution in [0.15, 0.2) is 30.6 Å². The number of hydrogen-bond donors (Lipinski definition) is 2. The fourth-order valence-electron chi connectivity index (χ4n) is 2.32. The van der Waals surface area contributed by atoms with Crippen molar-refractivity contribution in [3.05, 3.63) is 41.9 Å². The first kappa shape index (κ1) is 10.8. The molecular weight excluding hydrogens is 226 g/mol. The molecule has 0 spiro atoms. The maximum atomic E-state index is 11.8. The molecule has 3 aromatic rings. The van der Waals surface area contributed by atoms with Gasteiger partial charge in [-0.2, -0.15) is 5.10 Å². The zero-order valence-corrected chi connectivity index (χ0v) is 10.2. The van der Waals surface area contributed by atoms with E-state index in [0.29, 0.717) is 5.69 Å². The van der Waals surface area contributed by atoms with Crippen LogP contribution in [0.3, 0.4) is 0 Å². The van der Waals surface area contributed by atoms with Gasteiger partial charge in [-0.05, 0) is 12.5 Å². The lowest BCUT2D eigenvalue weighted by Crippen LogP contribution is -1.94. The summed E-state index contributed by atoms with van der Waals surface area (Å²) in [6.07, 6.45) is 3.54. The summed E-state index contributed by atoms with van der Waals surface area (Å²) in [6.45, 7) is 3.60. The van der Waals surface area contributed by atoms with E-state index in [-0.39, 0.29) is 5.78 Å². The van der Waals surface area contributed by atoms with Crippen molar-refractivity contribution >= 4 is 16.7 Å². The summed E-state index contributed by atoms with van der Waals surface area (Å²) in [7, 11) is 0. The zero-order chi connectivity index (χ0) is 12.7. The topological polar surface area (TPSA) is 61.5 Å². The molecule has 3 rings (SSSR count). The molecule has 2 heterocycles. The maximum absolute atomic E-state index is 11.8. The molecule has 18 heavy (non-hydrogen) atoms. The molecule has 0 aliphatic rings. The second-order valence-electron chi connectivity index (χ2n) is 4.42. The van der Waals surface area contributed by atoms with Gasteiger partial charge in [-0.1, -0.05) is 18.2 Å². The predicted octanol–water partition coefficient (Wildman–Crippen LogP) is 3.07. The predicted molar refractivity (Wildman–Crippen MR) is 70.6 cm³/mol. The highest BCUT2D eigenvalue weighted by Crippen LogP contribution is 2.33. The number of nitrogens with zero attached hydrogens (tertiary/aromatic N) is 1. The number of Topliss-reactive ketones (excluding diaryl/α,β-unsaturated/α-hetero) is 1. The Bertz CT molecular complexity index is 723. The number of para-hydroxylation sites is 1. The van der Waals surface area contributed by atoms with Gasteiger partial charge in [0.2, 0.25) is 0 Å². The second-order valence-corrected chi connectivity index (χ2v) is 4.42. The third-order valence-corrected chi connectivity index (χ3v) is 3.18. The molecule has 0 fully saturated rings. The van der Waals surface area contributed by atoms with Crippen LogP contribution in [0.25, 0.3) is 22.0 Å². The Balaban J connectivity index is 2.44. The van der Waals surface area contributed by atoms with E-state index >= 15 is 0 Å². The summed E-state index contributed by atoms with van der Waals surface area (Å²) >= 11 is 0. The van der Waals surface area contributed by atoms with Crippen molar-refractivity contribution in [2.24, 2.45) is 0 Å². The average molecular weight is 239 g/mol. The highest BCUT2D eigenvalue weighted by molar-refractivity contribution is 6.10. The van der Waals surface area contributed by atoms with Crippen LogP contribution in [0.2, 0.25) is 0 Å². The van der Waals surface area contributed by atoms with Crippen molar-refractivity contribution in [2.45, 2.75) is 13.8 Å². The monoisotopic (exact) mass is 239 g/mol. The van der Waals surface area contributed by atoms with Crippen molar-refractivity contribution in [1.29, 1.82) is 0 Å². The molecule has 0 amide bonds. The fourth-order valence-corrected chi connectivity index (χ4v) is 2.32. The van der Waals surface area contributed by atoms with Crippen molar-refractivity contribution in [1.82, 2.24) is 15.2 Å². The number of benzene rings is 1. The molecule has 90 valence electrons.